The van der Waals surface area contributed by atoms with Crippen LogP contribution in [-0.4, -0.2) is 48.8 Å². The van der Waals surface area contributed by atoms with Gasteiger partial charge in [0.1, 0.15) is 6.10 Å². The van der Waals surface area contributed by atoms with E-state index >= 15 is 0 Å². The molecule has 2 atom stereocenters. The molecule has 180 valence electrons. The predicted octanol–water partition coefficient (Wildman–Crippen LogP) is 4.11. The molecule has 0 aromatic carbocycles. The minimum Gasteiger partial charge on any atom is -0.465 e. The highest BCUT2D eigenvalue weighted by Gasteiger charge is 2.64. The molecule has 2 saturated carbocycles. The van der Waals surface area contributed by atoms with Gasteiger partial charge in [-0.1, -0.05) is 19.3 Å². The van der Waals surface area contributed by atoms with Crippen molar-refractivity contribution in [2.75, 3.05) is 6.61 Å². The van der Waals surface area contributed by atoms with Gasteiger partial charge in [0, 0.05) is 6.42 Å². The highest BCUT2D eigenvalue weighted by molar-refractivity contribution is 7.87. The molecule has 2 aliphatic rings. The number of carbonyl (C=O) groups is 2. The van der Waals surface area contributed by atoms with Gasteiger partial charge in [-0.25, -0.2) is 0 Å². The highest BCUT2D eigenvalue weighted by atomic mass is 32.2. The molecule has 0 aromatic rings. The van der Waals surface area contributed by atoms with Crippen molar-refractivity contribution in [2.24, 2.45) is 11.8 Å². The van der Waals surface area contributed by atoms with Crippen molar-refractivity contribution in [2.45, 2.75) is 87.9 Å². The van der Waals surface area contributed by atoms with Gasteiger partial charge in [0.25, 0.3) is 0 Å². The average Bonchev–Trinajstić information content (AvgIpc) is 2.70. The zero-order chi connectivity index (χ0) is 23.3. The fourth-order valence-electron chi connectivity index (χ4n) is 4.04. The number of hydrogen-bond donors (Lipinski definition) is 1. The number of halogens is 4. The second-order valence-corrected chi connectivity index (χ2v) is 9.62. The van der Waals surface area contributed by atoms with Crippen LogP contribution in [0.1, 0.15) is 70.6 Å². The highest BCUT2D eigenvalue weighted by Crippen LogP contribution is 2.41. The molecule has 0 spiro atoms. The van der Waals surface area contributed by atoms with Crippen molar-refractivity contribution < 1.29 is 49.6 Å². The second kappa shape index (κ2) is 10.5. The van der Waals surface area contributed by atoms with Crippen LogP contribution in [0, 0.1) is 11.8 Å². The second-order valence-electron chi connectivity index (χ2n) is 8.16. The van der Waals surface area contributed by atoms with Crippen molar-refractivity contribution in [3.8, 4) is 0 Å². The number of rotatable bonds is 9. The third-order valence-electron chi connectivity index (χ3n) is 5.84. The van der Waals surface area contributed by atoms with Crippen molar-refractivity contribution in [1.82, 2.24) is 0 Å². The lowest BCUT2D eigenvalue weighted by Crippen LogP contribution is -2.46. The zero-order valence-electron chi connectivity index (χ0n) is 17.0. The lowest BCUT2D eigenvalue weighted by atomic mass is 9.79. The molecule has 31 heavy (non-hydrogen) atoms. The van der Waals surface area contributed by atoms with Crippen molar-refractivity contribution in [1.29, 1.82) is 0 Å². The van der Waals surface area contributed by atoms with E-state index in [2.05, 4.69) is 0 Å². The van der Waals surface area contributed by atoms with Gasteiger partial charge in [-0.05, 0) is 44.9 Å². The fourth-order valence-corrected chi connectivity index (χ4v) is 4.52. The SMILES string of the molecule is O=C(OCCCC(F)(F)C(F)(F)S(=O)(=O)O)C1CCCCC1C(=O)OC1CCCCC1. The first-order valence-corrected chi connectivity index (χ1v) is 11.9. The van der Waals surface area contributed by atoms with E-state index in [9.17, 15) is 35.6 Å². The smallest absolute Gasteiger partial charge is 0.431 e. The quantitative estimate of drug-likeness (QED) is 0.231. The van der Waals surface area contributed by atoms with Gasteiger partial charge in [0.05, 0.1) is 18.4 Å². The topological polar surface area (TPSA) is 107 Å². The summed E-state index contributed by atoms with van der Waals surface area (Å²) in [6, 6.07) is 0. The number of hydrogen-bond acceptors (Lipinski definition) is 6. The molecule has 0 saturated heterocycles. The summed E-state index contributed by atoms with van der Waals surface area (Å²) in [5, 5.41) is -5.65. The minimum atomic E-state index is -6.30. The molecule has 0 aliphatic heterocycles. The maximum Gasteiger partial charge on any atom is 0.431 e. The van der Waals surface area contributed by atoms with Crippen LogP contribution in [0.2, 0.25) is 0 Å². The Morgan fingerprint density at radius 1 is 0.871 bits per heavy atom. The van der Waals surface area contributed by atoms with Gasteiger partial charge in [-0.2, -0.15) is 26.0 Å². The normalized spacial score (nSPS) is 23.9. The molecule has 1 N–H and O–H groups in total. The van der Waals surface area contributed by atoms with Crippen LogP contribution < -0.4 is 0 Å². The third kappa shape index (κ3) is 6.53. The minimum absolute atomic E-state index is 0.174. The van der Waals surface area contributed by atoms with E-state index in [1.807, 2.05) is 0 Å². The molecule has 0 heterocycles. The Morgan fingerprint density at radius 3 is 1.94 bits per heavy atom. The van der Waals surface area contributed by atoms with E-state index in [-0.39, 0.29) is 6.10 Å². The number of alkyl halides is 4. The summed E-state index contributed by atoms with van der Waals surface area (Å²) in [5.41, 5.74) is 0. The van der Waals surface area contributed by atoms with E-state index in [4.69, 9.17) is 14.0 Å². The van der Waals surface area contributed by atoms with Gasteiger partial charge >= 0.3 is 33.2 Å². The summed E-state index contributed by atoms with van der Waals surface area (Å²) in [7, 11) is -6.30. The number of ether oxygens (including phenoxy) is 2. The summed E-state index contributed by atoms with van der Waals surface area (Å²) in [4.78, 5) is 24.9. The van der Waals surface area contributed by atoms with Crippen molar-refractivity contribution >= 4 is 22.1 Å². The molecule has 2 fully saturated rings. The summed E-state index contributed by atoms with van der Waals surface area (Å²) in [6.45, 7) is -0.656. The first-order chi connectivity index (χ1) is 14.4. The largest absolute Gasteiger partial charge is 0.465 e. The van der Waals surface area contributed by atoms with E-state index in [1.165, 1.54) is 0 Å². The molecular weight excluding hydrogens is 448 g/mol. The molecule has 12 heteroatoms. The number of carbonyl (C=O) groups excluding carboxylic acids is 2. The molecule has 0 amide bonds. The first kappa shape index (κ1) is 25.8. The zero-order valence-corrected chi connectivity index (χ0v) is 17.9. The summed E-state index contributed by atoms with van der Waals surface area (Å²) >= 11 is 0. The van der Waals surface area contributed by atoms with Crippen LogP contribution in [0.3, 0.4) is 0 Å². The fraction of sp³-hybridized carbons (Fsp3) is 0.895. The molecule has 0 radical (unpaired) electrons. The summed E-state index contributed by atoms with van der Waals surface area (Å²) in [6.07, 6.45) is 4.21. The van der Waals surface area contributed by atoms with E-state index < -0.39 is 64.5 Å². The molecule has 2 aliphatic carbocycles. The van der Waals surface area contributed by atoms with Crippen LogP contribution in [0.25, 0.3) is 0 Å². The Bertz CT molecular complexity index is 736. The average molecular weight is 476 g/mol. The monoisotopic (exact) mass is 476 g/mol. The van der Waals surface area contributed by atoms with Crippen molar-refractivity contribution in [3.05, 3.63) is 0 Å². The van der Waals surface area contributed by atoms with Gasteiger partial charge in [0.2, 0.25) is 0 Å². The lowest BCUT2D eigenvalue weighted by Gasteiger charge is -2.31. The Balaban J connectivity index is 1.86. The van der Waals surface area contributed by atoms with Gasteiger partial charge in [0.15, 0.2) is 0 Å². The Labute approximate surface area is 178 Å². The number of esters is 2. The van der Waals surface area contributed by atoms with E-state index in [1.54, 1.807) is 0 Å². The van der Waals surface area contributed by atoms with Crippen LogP contribution >= 0.6 is 0 Å². The molecule has 0 bridgehead atoms. The first-order valence-electron chi connectivity index (χ1n) is 10.5. The molecule has 7 nitrogen and oxygen atoms in total. The van der Waals surface area contributed by atoms with E-state index in [0.29, 0.717) is 19.3 Å². The van der Waals surface area contributed by atoms with Crippen LogP contribution in [0.15, 0.2) is 0 Å². The van der Waals surface area contributed by atoms with Crippen LogP contribution in [0.5, 0.6) is 0 Å². The van der Waals surface area contributed by atoms with Crippen LogP contribution in [-0.2, 0) is 29.2 Å². The molecule has 2 rings (SSSR count). The van der Waals surface area contributed by atoms with Gasteiger partial charge in [-0.15, -0.1) is 0 Å². The van der Waals surface area contributed by atoms with Gasteiger partial charge < -0.3 is 9.47 Å². The molecule has 0 aromatic heterocycles. The molecule has 2 unspecified atom stereocenters. The Morgan fingerprint density at radius 2 is 1.39 bits per heavy atom. The maximum atomic E-state index is 13.5. The summed E-state index contributed by atoms with van der Waals surface area (Å²) < 4.78 is 93.0. The predicted molar refractivity (Wildman–Crippen MR) is 100 cm³/mol. The standard InChI is InChI=1S/C19H28F4O7S/c20-18(21,19(22,23)31(26,27)28)11-6-12-29-16(24)14-9-4-5-10-15(14)17(25)30-13-7-2-1-3-8-13/h13-15H,1-12H2,(H,26,27,28). The van der Waals surface area contributed by atoms with E-state index in [0.717, 1.165) is 38.5 Å². The lowest BCUT2D eigenvalue weighted by molar-refractivity contribution is -0.171. The summed E-state index contributed by atoms with van der Waals surface area (Å²) in [5.74, 6) is -7.81. The third-order valence-corrected chi connectivity index (χ3v) is 6.78. The molecular formula is C19H28F4O7S. The Kier molecular flexibility index (Phi) is 8.71. The van der Waals surface area contributed by atoms with Gasteiger partial charge in [-0.3, -0.25) is 14.1 Å². The van der Waals surface area contributed by atoms with Crippen LogP contribution in [0.4, 0.5) is 17.6 Å². The Hall–Kier alpha value is -1.43. The maximum absolute atomic E-state index is 13.5. The van der Waals surface area contributed by atoms with Crippen molar-refractivity contribution in [3.63, 3.8) is 0 Å².